The Morgan fingerprint density at radius 2 is 2.00 bits per heavy atom. The topological polar surface area (TPSA) is 16.1 Å². The lowest BCUT2D eigenvalue weighted by Gasteiger charge is -2.19. The van der Waals surface area contributed by atoms with E-state index in [-0.39, 0.29) is 0 Å². The summed E-state index contributed by atoms with van der Waals surface area (Å²) in [5.74, 6) is 0.960. The zero-order valence-corrected chi connectivity index (χ0v) is 10.9. The highest BCUT2D eigenvalue weighted by Crippen LogP contribution is 2.30. The Bertz CT molecular complexity index is 369. The standard InChI is InChI=1S/C12H16ClF3N2/c1-18(8-4-2-3-6-13)11-9-10(5-7-17-11)12(14,15)16/h5,7,9H,2-4,6,8H2,1H3. The Morgan fingerprint density at radius 1 is 1.28 bits per heavy atom. The summed E-state index contributed by atoms with van der Waals surface area (Å²) in [5, 5.41) is 0. The first-order valence-corrected chi connectivity index (χ1v) is 6.29. The lowest BCUT2D eigenvalue weighted by molar-refractivity contribution is -0.137. The monoisotopic (exact) mass is 280 g/mol. The average molecular weight is 281 g/mol. The van der Waals surface area contributed by atoms with E-state index in [4.69, 9.17) is 11.6 Å². The van der Waals surface area contributed by atoms with Gasteiger partial charge in [-0.2, -0.15) is 13.2 Å². The third-order valence-electron chi connectivity index (χ3n) is 2.59. The second kappa shape index (κ2) is 6.83. The van der Waals surface area contributed by atoms with Crippen LogP contribution in [0.5, 0.6) is 0 Å². The number of hydrogen-bond acceptors (Lipinski definition) is 2. The molecule has 1 heterocycles. The highest BCUT2D eigenvalue weighted by molar-refractivity contribution is 6.17. The molecule has 0 bridgehead atoms. The van der Waals surface area contributed by atoms with Crippen LogP contribution in [0.1, 0.15) is 24.8 Å². The Morgan fingerprint density at radius 3 is 2.61 bits per heavy atom. The van der Waals surface area contributed by atoms with Gasteiger partial charge < -0.3 is 4.90 Å². The molecule has 1 rings (SSSR count). The predicted molar refractivity (Wildman–Crippen MR) is 67.1 cm³/mol. The van der Waals surface area contributed by atoms with Gasteiger partial charge in [0.05, 0.1) is 5.56 Å². The van der Waals surface area contributed by atoms with E-state index in [1.807, 2.05) is 0 Å². The highest BCUT2D eigenvalue weighted by Gasteiger charge is 2.30. The SMILES string of the molecule is CN(CCCCCCl)c1cc(C(F)(F)F)ccn1. The van der Waals surface area contributed by atoms with Crippen LogP contribution in [0, 0.1) is 0 Å². The van der Waals surface area contributed by atoms with Crippen LogP contribution < -0.4 is 4.90 Å². The van der Waals surface area contributed by atoms with E-state index in [0.29, 0.717) is 18.2 Å². The summed E-state index contributed by atoms with van der Waals surface area (Å²) in [6.45, 7) is 0.672. The molecule has 0 N–H and O–H groups in total. The van der Waals surface area contributed by atoms with Crippen LogP contribution in [0.3, 0.4) is 0 Å². The van der Waals surface area contributed by atoms with Crippen LogP contribution in [0.2, 0.25) is 0 Å². The number of halogens is 4. The van der Waals surface area contributed by atoms with Crippen molar-refractivity contribution in [3.05, 3.63) is 23.9 Å². The first kappa shape index (κ1) is 15.1. The Labute approximate surface area is 110 Å². The molecule has 0 fully saturated rings. The second-order valence-electron chi connectivity index (χ2n) is 4.07. The van der Waals surface area contributed by atoms with Crippen molar-refractivity contribution < 1.29 is 13.2 Å². The van der Waals surface area contributed by atoms with Crippen molar-refractivity contribution in [2.75, 3.05) is 24.4 Å². The smallest absolute Gasteiger partial charge is 0.360 e. The molecule has 0 unspecified atom stereocenters. The summed E-state index contributed by atoms with van der Waals surface area (Å²) in [4.78, 5) is 5.68. The third-order valence-corrected chi connectivity index (χ3v) is 2.86. The molecule has 0 amide bonds. The minimum atomic E-state index is -4.32. The summed E-state index contributed by atoms with van der Waals surface area (Å²) >= 11 is 5.55. The summed E-state index contributed by atoms with van der Waals surface area (Å²) in [6.07, 6.45) is -0.357. The number of pyridine rings is 1. The lowest BCUT2D eigenvalue weighted by Crippen LogP contribution is -2.20. The maximum atomic E-state index is 12.5. The number of unbranched alkanes of at least 4 members (excludes halogenated alkanes) is 2. The molecule has 6 heteroatoms. The van der Waals surface area contributed by atoms with Crippen LogP contribution in [-0.2, 0) is 6.18 Å². The van der Waals surface area contributed by atoms with Gasteiger partial charge in [0.15, 0.2) is 0 Å². The van der Waals surface area contributed by atoms with Crippen LogP contribution in [0.25, 0.3) is 0 Å². The molecule has 0 radical (unpaired) electrons. The van der Waals surface area contributed by atoms with Crippen molar-refractivity contribution in [1.29, 1.82) is 0 Å². The number of aromatic nitrogens is 1. The summed E-state index contributed by atoms with van der Waals surface area (Å²) in [7, 11) is 1.74. The molecular weight excluding hydrogens is 265 g/mol. The maximum absolute atomic E-state index is 12.5. The zero-order valence-electron chi connectivity index (χ0n) is 10.2. The molecule has 0 saturated carbocycles. The van der Waals surface area contributed by atoms with E-state index < -0.39 is 11.7 Å². The third kappa shape index (κ3) is 4.72. The quantitative estimate of drug-likeness (QED) is 0.579. The molecule has 18 heavy (non-hydrogen) atoms. The van der Waals surface area contributed by atoms with E-state index >= 15 is 0 Å². The van der Waals surface area contributed by atoms with Crippen molar-refractivity contribution in [2.24, 2.45) is 0 Å². The van der Waals surface area contributed by atoms with Gasteiger partial charge in [0, 0.05) is 25.7 Å². The van der Waals surface area contributed by atoms with Gasteiger partial charge in [-0.05, 0) is 25.0 Å². The number of nitrogens with zero attached hydrogens (tertiary/aromatic N) is 2. The molecule has 0 aliphatic carbocycles. The van der Waals surface area contributed by atoms with Gasteiger partial charge in [-0.25, -0.2) is 4.98 Å². The fraction of sp³-hybridized carbons (Fsp3) is 0.583. The van der Waals surface area contributed by atoms with E-state index in [9.17, 15) is 13.2 Å². The molecule has 0 spiro atoms. The highest BCUT2D eigenvalue weighted by atomic mass is 35.5. The number of hydrogen-bond donors (Lipinski definition) is 0. The largest absolute Gasteiger partial charge is 0.416 e. The molecule has 2 nitrogen and oxygen atoms in total. The second-order valence-corrected chi connectivity index (χ2v) is 4.45. The molecule has 0 aliphatic heterocycles. The molecule has 102 valence electrons. The molecule has 1 aromatic rings. The number of rotatable bonds is 6. The minimum absolute atomic E-state index is 0.343. The molecule has 0 saturated heterocycles. The Kier molecular flexibility index (Phi) is 5.72. The van der Waals surface area contributed by atoms with Crippen LogP contribution in [-0.4, -0.2) is 24.5 Å². The number of alkyl halides is 4. The minimum Gasteiger partial charge on any atom is -0.360 e. The summed E-state index contributed by atoms with van der Waals surface area (Å²) < 4.78 is 37.6. The molecule has 0 aliphatic rings. The average Bonchev–Trinajstić information content (AvgIpc) is 2.33. The van der Waals surface area contributed by atoms with Crippen molar-refractivity contribution in [3.8, 4) is 0 Å². The molecule has 0 atom stereocenters. The van der Waals surface area contributed by atoms with Crippen LogP contribution >= 0.6 is 11.6 Å². The van der Waals surface area contributed by atoms with Crippen molar-refractivity contribution in [1.82, 2.24) is 4.98 Å². The van der Waals surface area contributed by atoms with Gasteiger partial charge in [0.1, 0.15) is 5.82 Å². The van der Waals surface area contributed by atoms with E-state index in [1.165, 1.54) is 6.20 Å². The summed E-state index contributed by atoms with van der Waals surface area (Å²) in [6, 6.07) is 2.05. The first-order chi connectivity index (χ1) is 8.45. The molecular formula is C12H16ClF3N2. The fourth-order valence-electron chi connectivity index (χ4n) is 1.54. The normalized spacial score (nSPS) is 11.6. The maximum Gasteiger partial charge on any atom is 0.416 e. The van der Waals surface area contributed by atoms with Crippen molar-refractivity contribution in [2.45, 2.75) is 25.4 Å². The van der Waals surface area contributed by atoms with Gasteiger partial charge in [0.2, 0.25) is 0 Å². The van der Waals surface area contributed by atoms with Crippen molar-refractivity contribution >= 4 is 17.4 Å². The van der Waals surface area contributed by atoms with Crippen LogP contribution in [0.15, 0.2) is 18.3 Å². The summed E-state index contributed by atoms with van der Waals surface area (Å²) in [5.41, 5.74) is -0.667. The Balaban J connectivity index is 2.60. The molecule has 0 aromatic carbocycles. The lowest BCUT2D eigenvalue weighted by atomic mass is 10.2. The fourth-order valence-corrected chi connectivity index (χ4v) is 1.73. The van der Waals surface area contributed by atoms with Gasteiger partial charge in [-0.15, -0.1) is 11.6 Å². The van der Waals surface area contributed by atoms with E-state index in [0.717, 1.165) is 31.4 Å². The van der Waals surface area contributed by atoms with Gasteiger partial charge in [-0.3, -0.25) is 0 Å². The Hall–Kier alpha value is -0.970. The number of anilines is 1. The molecule has 1 aromatic heterocycles. The van der Waals surface area contributed by atoms with Crippen LogP contribution in [0.4, 0.5) is 19.0 Å². The predicted octanol–water partition coefficient (Wildman–Crippen LogP) is 3.95. The van der Waals surface area contributed by atoms with E-state index in [1.54, 1.807) is 11.9 Å². The van der Waals surface area contributed by atoms with Gasteiger partial charge >= 0.3 is 6.18 Å². The van der Waals surface area contributed by atoms with Gasteiger partial charge in [0.25, 0.3) is 0 Å². The zero-order chi connectivity index (χ0) is 13.6. The van der Waals surface area contributed by atoms with Crippen molar-refractivity contribution in [3.63, 3.8) is 0 Å². The first-order valence-electron chi connectivity index (χ1n) is 5.75. The van der Waals surface area contributed by atoms with Gasteiger partial charge in [-0.1, -0.05) is 6.42 Å². The van der Waals surface area contributed by atoms with E-state index in [2.05, 4.69) is 4.98 Å².